The summed E-state index contributed by atoms with van der Waals surface area (Å²) < 4.78 is 0. The highest BCUT2D eigenvalue weighted by Crippen LogP contribution is 2.30. The second-order valence-corrected chi connectivity index (χ2v) is 7.73. The molecule has 0 radical (unpaired) electrons. The Bertz CT molecular complexity index is 487. The van der Waals surface area contributed by atoms with Crippen molar-refractivity contribution in [1.29, 1.82) is 0 Å². The Morgan fingerprint density at radius 1 is 1.21 bits per heavy atom. The molecule has 136 valence electrons. The number of hydrogen-bond acceptors (Lipinski definition) is 3. The van der Waals surface area contributed by atoms with Gasteiger partial charge in [-0.15, -0.1) is 0 Å². The standard InChI is InChI=1S/C18H30N2O4/c1-13(19-15(21)11-14-7-4-3-5-8-14)16(22)20-10-6-9-18(2,12-20)17(23)24/h13-14H,3-12H2,1-2H3,(H,19,21)(H,23,24). The summed E-state index contributed by atoms with van der Waals surface area (Å²) in [6.45, 7) is 4.14. The van der Waals surface area contributed by atoms with E-state index >= 15 is 0 Å². The Labute approximate surface area is 144 Å². The molecule has 1 heterocycles. The third kappa shape index (κ3) is 4.71. The molecule has 24 heavy (non-hydrogen) atoms. The Morgan fingerprint density at radius 2 is 1.88 bits per heavy atom. The van der Waals surface area contributed by atoms with Crippen LogP contribution >= 0.6 is 0 Å². The van der Waals surface area contributed by atoms with Crippen molar-refractivity contribution >= 4 is 17.8 Å². The smallest absolute Gasteiger partial charge is 0.311 e. The van der Waals surface area contributed by atoms with Crippen LogP contribution in [0.1, 0.15) is 65.2 Å². The van der Waals surface area contributed by atoms with E-state index in [9.17, 15) is 19.5 Å². The van der Waals surface area contributed by atoms with E-state index in [0.717, 1.165) is 12.8 Å². The van der Waals surface area contributed by atoms with Gasteiger partial charge in [-0.3, -0.25) is 14.4 Å². The van der Waals surface area contributed by atoms with E-state index in [2.05, 4.69) is 5.32 Å². The van der Waals surface area contributed by atoms with Gasteiger partial charge in [0.25, 0.3) is 0 Å². The van der Waals surface area contributed by atoms with Gasteiger partial charge in [0.1, 0.15) is 6.04 Å². The Morgan fingerprint density at radius 3 is 2.50 bits per heavy atom. The summed E-state index contributed by atoms with van der Waals surface area (Å²) in [7, 11) is 0. The van der Waals surface area contributed by atoms with Crippen molar-refractivity contribution in [2.24, 2.45) is 11.3 Å². The molecule has 0 aromatic carbocycles. The number of carbonyl (C=O) groups is 3. The lowest BCUT2D eigenvalue weighted by Gasteiger charge is -2.38. The van der Waals surface area contributed by atoms with E-state index in [1.54, 1.807) is 18.7 Å². The quantitative estimate of drug-likeness (QED) is 0.804. The number of nitrogens with zero attached hydrogens (tertiary/aromatic N) is 1. The number of piperidine rings is 1. The van der Waals surface area contributed by atoms with Crippen LogP contribution in [0, 0.1) is 11.3 Å². The highest BCUT2D eigenvalue weighted by atomic mass is 16.4. The number of carbonyl (C=O) groups excluding carboxylic acids is 2. The van der Waals surface area contributed by atoms with Gasteiger partial charge in [-0.2, -0.15) is 0 Å². The van der Waals surface area contributed by atoms with Crippen LogP contribution in [-0.2, 0) is 14.4 Å². The van der Waals surface area contributed by atoms with E-state index in [1.807, 2.05) is 0 Å². The van der Waals surface area contributed by atoms with Crippen LogP contribution in [0.5, 0.6) is 0 Å². The number of rotatable bonds is 5. The van der Waals surface area contributed by atoms with Crippen LogP contribution in [0.15, 0.2) is 0 Å². The van der Waals surface area contributed by atoms with Gasteiger partial charge in [0.2, 0.25) is 11.8 Å². The number of carboxylic acid groups (broad SMARTS) is 1. The van der Waals surface area contributed by atoms with E-state index in [-0.39, 0.29) is 18.4 Å². The summed E-state index contributed by atoms with van der Waals surface area (Å²) in [5, 5.41) is 12.2. The summed E-state index contributed by atoms with van der Waals surface area (Å²) in [6.07, 6.45) is 7.57. The summed E-state index contributed by atoms with van der Waals surface area (Å²) in [5.41, 5.74) is -0.889. The normalized spacial score (nSPS) is 26.7. The van der Waals surface area contributed by atoms with Gasteiger partial charge in [-0.1, -0.05) is 19.3 Å². The van der Waals surface area contributed by atoms with Gasteiger partial charge in [0.05, 0.1) is 5.41 Å². The third-order valence-corrected chi connectivity index (χ3v) is 5.47. The molecule has 2 aliphatic rings. The van der Waals surface area contributed by atoms with Crippen LogP contribution in [0.2, 0.25) is 0 Å². The first-order valence-corrected chi connectivity index (χ1v) is 9.13. The molecular weight excluding hydrogens is 308 g/mol. The monoisotopic (exact) mass is 338 g/mol. The zero-order chi connectivity index (χ0) is 17.7. The Kier molecular flexibility index (Phi) is 6.24. The van der Waals surface area contributed by atoms with Gasteiger partial charge in [-0.05, 0) is 45.4 Å². The Hall–Kier alpha value is -1.59. The maximum atomic E-state index is 12.6. The van der Waals surface area contributed by atoms with Crippen molar-refractivity contribution in [1.82, 2.24) is 10.2 Å². The molecule has 0 bridgehead atoms. The molecule has 2 N–H and O–H groups in total. The second-order valence-electron chi connectivity index (χ2n) is 7.73. The molecule has 1 saturated heterocycles. The molecule has 1 aliphatic carbocycles. The van der Waals surface area contributed by atoms with E-state index in [0.29, 0.717) is 31.7 Å². The third-order valence-electron chi connectivity index (χ3n) is 5.47. The topological polar surface area (TPSA) is 86.7 Å². The summed E-state index contributed by atoms with van der Waals surface area (Å²) in [5.74, 6) is -0.680. The van der Waals surface area contributed by atoms with E-state index in [1.165, 1.54) is 19.3 Å². The van der Waals surface area contributed by atoms with Gasteiger partial charge < -0.3 is 15.3 Å². The number of nitrogens with one attached hydrogen (secondary N) is 1. The summed E-state index contributed by atoms with van der Waals surface area (Å²) in [6, 6.07) is -0.600. The summed E-state index contributed by atoms with van der Waals surface area (Å²) in [4.78, 5) is 37.7. The molecule has 2 fully saturated rings. The predicted octanol–water partition coefficient (Wildman–Crippen LogP) is 2.17. The molecule has 1 saturated carbocycles. The molecule has 2 unspecified atom stereocenters. The minimum Gasteiger partial charge on any atom is -0.481 e. The first-order valence-electron chi connectivity index (χ1n) is 9.13. The summed E-state index contributed by atoms with van der Waals surface area (Å²) >= 11 is 0. The van der Waals surface area contributed by atoms with Crippen molar-refractivity contribution < 1.29 is 19.5 Å². The van der Waals surface area contributed by atoms with Crippen molar-refractivity contribution in [2.75, 3.05) is 13.1 Å². The Balaban J connectivity index is 1.84. The largest absolute Gasteiger partial charge is 0.481 e. The minimum absolute atomic E-state index is 0.0687. The van der Waals surface area contributed by atoms with E-state index < -0.39 is 17.4 Å². The maximum Gasteiger partial charge on any atom is 0.311 e. The first-order chi connectivity index (χ1) is 11.3. The second kappa shape index (κ2) is 7.99. The van der Waals surface area contributed by atoms with E-state index in [4.69, 9.17) is 0 Å². The van der Waals surface area contributed by atoms with Crippen LogP contribution in [0.4, 0.5) is 0 Å². The lowest BCUT2D eigenvalue weighted by atomic mass is 9.82. The minimum atomic E-state index is -0.889. The molecule has 6 heteroatoms. The number of amides is 2. The molecule has 2 rings (SSSR count). The maximum absolute atomic E-state index is 12.6. The van der Waals surface area contributed by atoms with Crippen LogP contribution in [0.25, 0.3) is 0 Å². The number of carboxylic acids is 1. The molecule has 6 nitrogen and oxygen atoms in total. The van der Waals surface area contributed by atoms with Gasteiger partial charge >= 0.3 is 5.97 Å². The molecule has 0 aromatic heterocycles. The molecule has 2 amide bonds. The lowest BCUT2D eigenvalue weighted by molar-refractivity contribution is -0.154. The number of hydrogen-bond donors (Lipinski definition) is 2. The van der Waals surface area contributed by atoms with Gasteiger partial charge in [0, 0.05) is 19.5 Å². The lowest BCUT2D eigenvalue weighted by Crippen LogP contribution is -2.54. The average molecular weight is 338 g/mol. The zero-order valence-corrected chi connectivity index (χ0v) is 14.8. The van der Waals surface area contributed by atoms with Crippen molar-refractivity contribution in [2.45, 2.75) is 71.3 Å². The molecule has 0 aromatic rings. The molecule has 0 spiro atoms. The van der Waals surface area contributed by atoms with Crippen molar-refractivity contribution in [3.63, 3.8) is 0 Å². The van der Waals surface area contributed by atoms with Crippen LogP contribution in [-0.4, -0.2) is 46.9 Å². The van der Waals surface area contributed by atoms with Crippen LogP contribution < -0.4 is 5.32 Å². The molecule has 1 aliphatic heterocycles. The zero-order valence-electron chi connectivity index (χ0n) is 14.8. The average Bonchev–Trinajstić information content (AvgIpc) is 2.54. The highest BCUT2D eigenvalue weighted by Gasteiger charge is 2.40. The highest BCUT2D eigenvalue weighted by molar-refractivity contribution is 5.88. The van der Waals surface area contributed by atoms with Crippen molar-refractivity contribution in [3.05, 3.63) is 0 Å². The van der Waals surface area contributed by atoms with Gasteiger partial charge in [0.15, 0.2) is 0 Å². The van der Waals surface area contributed by atoms with Gasteiger partial charge in [-0.25, -0.2) is 0 Å². The fraction of sp³-hybridized carbons (Fsp3) is 0.833. The fourth-order valence-electron chi connectivity index (χ4n) is 3.89. The van der Waals surface area contributed by atoms with Crippen molar-refractivity contribution in [3.8, 4) is 0 Å². The van der Waals surface area contributed by atoms with Crippen LogP contribution in [0.3, 0.4) is 0 Å². The molecule has 2 atom stereocenters. The fourth-order valence-corrected chi connectivity index (χ4v) is 3.89. The number of aliphatic carboxylic acids is 1. The predicted molar refractivity (Wildman–Crippen MR) is 90.4 cm³/mol. The SMILES string of the molecule is CC(NC(=O)CC1CCCCC1)C(=O)N1CCCC(C)(C(=O)O)C1. The number of likely N-dealkylation sites (tertiary alicyclic amines) is 1. The first kappa shape index (κ1) is 18.7. The molecular formula is C18H30N2O4.